The molecule has 3 aromatic rings. The average Bonchev–Trinajstić information content (AvgIpc) is 3.21. The van der Waals surface area contributed by atoms with Crippen LogP contribution >= 0.6 is 11.6 Å². The largest absolute Gasteiger partial charge is 0.507 e. The zero-order valence-electron chi connectivity index (χ0n) is 17.7. The number of aromatic hydroxyl groups is 1. The molecule has 0 unspecified atom stereocenters. The highest BCUT2D eigenvalue weighted by atomic mass is 35.5. The van der Waals surface area contributed by atoms with E-state index in [1.165, 1.54) is 0 Å². The molecule has 1 aromatic heterocycles. The molecule has 0 bridgehead atoms. The summed E-state index contributed by atoms with van der Waals surface area (Å²) in [7, 11) is 0. The van der Waals surface area contributed by atoms with E-state index < -0.39 is 5.97 Å². The van der Waals surface area contributed by atoms with Gasteiger partial charge in [-0.25, -0.2) is 4.79 Å². The number of phenols is 1. The highest BCUT2D eigenvalue weighted by molar-refractivity contribution is 6.35. The molecule has 0 fully saturated rings. The predicted octanol–water partition coefficient (Wildman–Crippen LogP) is 5.21. The number of carbonyl (C=O) groups excluding carboxylic acids is 1. The van der Waals surface area contributed by atoms with Crippen LogP contribution in [0.25, 0.3) is 22.2 Å². The van der Waals surface area contributed by atoms with Gasteiger partial charge < -0.3 is 14.6 Å². The summed E-state index contributed by atoms with van der Waals surface area (Å²) in [5.41, 5.74) is 3.83. The second-order valence-corrected chi connectivity index (χ2v) is 7.71. The molecule has 0 aliphatic carbocycles. The number of halogens is 1. The normalized spacial score (nSPS) is 10.9. The third-order valence-corrected chi connectivity index (χ3v) is 5.24. The molecule has 1 heterocycles. The first-order chi connectivity index (χ1) is 14.9. The van der Waals surface area contributed by atoms with Gasteiger partial charge in [-0.15, -0.1) is 5.10 Å². The van der Waals surface area contributed by atoms with Gasteiger partial charge >= 0.3 is 5.97 Å². The number of nitrogens with zero attached hydrogens (tertiary/aromatic N) is 2. The van der Waals surface area contributed by atoms with Gasteiger partial charge in [0.1, 0.15) is 17.0 Å². The lowest BCUT2D eigenvalue weighted by Crippen LogP contribution is -2.09. The van der Waals surface area contributed by atoms with E-state index in [1.54, 1.807) is 25.1 Å². The number of aromatic amines is 1. The number of hydrogen-bond donors (Lipinski definition) is 2. The average molecular weight is 444 g/mol. The number of unbranched alkanes of at least 4 members (excludes halogenated alkanes) is 1. The molecule has 0 aliphatic rings. The number of hydrogen-bond acceptors (Lipinski definition) is 6. The molecular weight excluding hydrogens is 418 g/mol. The third kappa shape index (κ3) is 5.35. The highest BCUT2D eigenvalue weighted by Crippen LogP contribution is 2.42. The predicted molar refractivity (Wildman–Crippen MR) is 120 cm³/mol. The molecular formula is C23H26ClN3O4. The Labute approximate surface area is 186 Å². The summed E-state index contributed by atoms with van der Waals surface area (Å²) in [5.74, 6) is 0.216. The van der Waals surface area contributed by atoms with Crippen LogP contribution in [0.5, 0.6) is 11.5 Å². The summed E-state index contributed by atoms with van der Waals surface area (Å²) in [6, 6.07) is 6.93. The molecule has 0 aliphatic heterocycles. The van der Waals surface area contributed by atoms with E-state index in [0.717, 1.165) is 30.3 Å². The van der Waals surface area contributed by atoms with Gasteiger partial charge in [0.05, 0.1) is 23.8 Å². The number of aryl methyl sites for hydroxylation is 1. The molecule has 31 heavy (non-hydrogen) atoms. The van der Waals surface area contributed by atoms with Gasteiger partial charge in [0, 0.05) is 23.1 Å². The topological polar surface area (TPSA) is 97.3 Å². The van der Waals surface area contributed by atoms with E-state index in [2.05, 4.69) is 28.9 Å². The molecule has 2 aromatic carbocycles. The lowest BCUT2D eigenvalue weighted by Gasteiger charge is -2.14. The van der Waals surface area contributed by atoms with Crippen molar-refractivity contribution in [1.82, 2.24) is 15.4 Å². The van der Waals surface area contributed by atoms with Gasteiger partial charge in [0.15, 0.2) is 0 Å². The number of carbonyl (C=O) groups is 1. The fraction of sp³-hybridized carbons (Fsp3) is 0.348. The fourth-order valence-corrected chi connectivity index (χ4v) is 3.50. The standard InChI is InChI=1S/C23H26ClN3O4/c1-4-5-7-15-12-18-22(26-27-25-18)20(21(15)24)17-13-16(8-9-19(17)28)30-10-6-11-31-23(29)14(2)3/h8-9,12-13,28H,2,4-7,10-11H2,1,3H3,(H,25,26,27). The Morgan fingerprint density at radius 2 is 2.06 bits per heavy atom. The van der Waals surface area contributed by atoms with Gasteiger partial charge in [0.25, 0.3) is 0 Å². The molecule has 2 N–H and O–H groups in total. The van der Waals surface area contributed by atoms with Crippen molar-refractivity contribution in [3.63, 3.8) is 0 Å². The molecule has 0 atom stereocenters. The molecule has 164 valence electrons. The quantitative estimate of drug-likeness (QED) is 0.253. The Morgan fingerprint density at radius 3 is 2.81 bits per heavy atom. The Hall–Kier alpha value is -3.06. The van der Waals surface area contributed by atoms with Crippen molar-refractivity contribution >= 4 is 28.6 Å². The molecule has 8 heteroatoms. The van der Waals surface area contributed by atoms with Crippen molar-refractivity contribution in [2.24, 2.45) is 0 Å². The highest BCUT2D eigenvalue weighted by Gasteiger charge is 2.19. The van der Waals surface area contributed by atoms with Crippen LogP contribution < -0.4 is 4.74 Å². The number of benzene rings is 2. The number of H-pyrrole nitrogens is 1. The minimum atomic E-state index is -0.416. The summed E-state index contributed by atoms with van der Waals surface area (Å²) >= 11 is 6.75. The van der Waals surface area contributed by atoms with E-state index in [-0.39, 0.29) is 12.4 Å². The van der Waals surface area contributed by atoms with Crippen molar-refractivity contribution < 1.29 is 19.4 Å². The van der Waals surface area contributed by atoms with Gasteiger partial charge in [-0.1, -0.05) is 36.7 Å². The Balaban J connectivity index is 1.82. The molecule has 0 radical (unpaired) electrons. The molecule has 7 nitrogen and oxygen atoms in total. The first-order valence-corrected chi connectivity index (χ1v) is 10.6. The summed E-state index contributed by atoms with van der Waals surface area (Å²) in [5, 5.41) is 22.1. The van der Waals surface area contributed by atoms with Crippen LogP contribution in [0.15, 0.2) is 36.4 Å². The number of phenolic OH excluding ortho intramolecular Hbond substituents is 1. The lowest BCUT2D eigenvalue weighted by molar-refractivity contribution is -0.139. The smallest absolute Gasteiger partial charge is 0.333 e. The van der Waals surface area contributed by atoms with E-state index >= 15 is 0 Å². The van der Waals surface area contributed by atoms with Crippen LogP contribution in [0.4, 0.5) is 0 Å². The maximum Gasteiger partial charge on any atom is 0.333 e. The van der Waals surface area contributed by atoms with E-state index in [1.807, 2.05) is 6.07 Å². The van der Waals surface area contributed by atoms with Crippen molar-refractivity contribution in [3.05, 3.63) is 47.0 Å². The van der Waals surface area contributed by atoms with Crippen LogP contribution in [0, 0.1) is 0 Å². The Bertz CT molecular complexity index is 1090. The molecule has 0 saturated heterocycles. The van der Waals surface area contributed by atoms with Crippen LogP contribution in [-0.4, -0.2) is 39.7 Å². The third-order valence-electron chi connectivity index (χ3n) is 4.81. The number of esters is 1. The first kappa shape index (κ1) is 22.6. The minimum Gasteiger partial charge on any atom is -0.507 e. The first-order valence-electron chi connectivity index (χ1n) is 10.2. The Kier molecular flexibility index (Phi) is 7.52. The van der Waals surface area contributed by atoms with Crippen LogP contribution in [0.1, 0.15) is 38.7 Å². The van der Waals surface area contributed by atoms with Crippen LogP contribution in [-0.2, 0) is 16.0 Å². The van der Waals surface area contributed by atoms with Crippen LogP contribution in [0.2, 0.25) is 5.02 Å². The molecule has 0 spiro atoms. The van der Waals surface area contributed by atoms with Gasteiger partial charge in [-0.3, -0.25) is 5.10 Å². The van der Waals surface area contributed by atoms with Gasteiger partial charge in [0.2, 0.25) is 0 Å². The Morgan fingerprint density at radius 1 is 1.26 bits per heavy atom. The second kappa shape index (κ2) is 10.3. The summed E-state index contributed by atoms with van der Waals surface area (Å²) in [6.07, 6.45) is 3.38. The summed E-state index contributed by atoms with van der Waals surface area (Å²) in [4.78, 5) is 11.4. The maximum atomic E-state index is 11.4. The monoisotopic (exact) mass is 443 g/mol. The second-order valence-electron chi connectivity index (χ2n) is 7.33. The van der Waals surface area contributed by atoms with Crippen molar-refractivity contribution in [1.29, 1.82) is 0 Å². The van der Waals surface area contributed by atoms with Crippen molar-refractivity contribution in [3.8, 4) is 22.6 Å². The zero-order valence-corrected chi connectivity index (χ0v) is 18.5. The fourth-order valence-electron chi connectivity index (χ4n) is 3.16. The number of aromatic nitrogens is 3. The zero-order chi connectivity index (χ0) is 22.4. The van der Waals surface area contributed by atoms with Crippen LogP contribution in [0.3, 0.4) is 0 Å². The summed E-state index contributed by atoms with van der Waals surface area (Å²) in [6.45, 7) is 7.85. The SMILES string of the molecule is C=C(C)C(=O)OCCCOc1ccc(O)c(-c2c(Cl)c(CCCC)cc3[nH]nnc23)c1. The maximum absolute atomic E-state index is 11.4. The van der Waals surface area contributed by atoms with Crippen molar-refractivity contribution in [2.75, 3.05) is 13.2 Å². The van der Waals surface area contributed by atoms with E-state index in [9.17, 15) is 9.90 Å². The van der Waals surface area contributed by atoms with E-state index in [4.69, 9.17) is 21.1 Å². The number of ether oxygens (including phenoxy) is 2. The number of fused-ring (bicyclic) bond motifs is 1. The molecule has 3 rings (SSSR count). The van der Waals surface area contributed by atoms with Crippen molar-refractivity contribution in [2.45, 2.75) is 39.5 Å². The lowest BCUT2D eigenvalue weighted by atomic mass is 9.97. The molecule has 0 saturated carbocycles. The molecule has 0 amide bonds. The van der Waals surface area contributed by atoms with Gasteiger partial charge in [-0.05, 0) is 49.6 Å². The van der Waals surface area contributed by atoms with Gasteiger partial charge in [-0.2, -0.15) is 0 Å². The number of rotatable bonds is 10. The minimum absolute atomic E-state index is 0.0709. The number of nitrogens with one attached hydrogen (secondary N) is 1. The van der Waals surface area contributed by atoms with E-state index in [0.29, 0.717) is 46.0 Å². The summed E-state index contributed by atoms with van der Waals surface area (Å²) < 4.78 is 10.8.